The summed E-state index contributed by atoms with van der Waals surface area (Å²) in [5.41, 5.74) is 2.84. The van der Waals surface area contributed by atoms with Crippen LogP contribution in [0.25, 0.3) is 16.7 Å². The molecule has 0 saturated heterocycles. The molecule has 42 heavy (non-hydrogen) atoms. The minimum absolute atomic E-state index is 0.190. The molecule has 0 unspecified atom stereocenters. The molecule has 11 heteroatoms. The van der Waals surface area contributed by atoms with Gasteiger partial charge in [-0.2, -0.15) is 0 Å². The molecule has 0 aliphatic carbocycles. The van der Waals surface area contributed by atoms with Gasteiger partial charge in [-0.3, -0.25) is 19.9 Å². The van der Waals surface area contributed by atoms with Crippen molar-refractivity contribution >= 4 is 46.5 Å². The average Bonchev–Trinajstić information content (AvgIpc) is 2.97. The van der Waals surface area contributed by atoms with Crippen LogP contribution >= 0.6 is 11.6 Å². The van der Waals surface area contributed by atoms with Gasteiger partial charge in [-0.25, -0.2) is 13.6 Å². The molecule has 1 aromatic heterocycles. The van der Waals surface area contributed by atoms with Crippen LogP contribution in [0.3, 0.4) is 0 Å². The molecule has 2 aliphatic rings. The monoisotopic (exact) mass is 592 g/mol. The van der Waals surface area contributed by atoms with Gasteiger partial charge < -0.3 is 15.0 Å². The zero-order valence-electron chi connectivity index (χ0n) is 22.8. The van der Waals surface area contributed by atoms with E-state index >= 15 is 0 Å². The summed E-state index contributed by atoms with van der Waals surface area (Å²) >= 11 is 5.88. The van der Waals surface area contributed by atoms with Crippen molar-refractivity contribution in [1.82, 2.24) is 9.88 Å². The van der Waals surface area contributed by atoms with Crippen molar-refractivity contribution in [3.05, 3.63) is 94.8 Å². The maximum atomic E-state index is 14.7. The molecule has 8 nitrogen and oxygen atoms in total. The summed E-state index contributed by atoms with van der Waals surface area (Å²) in [6.45, 7) is 1.94. The highest BCUT2D eigenvalue weighted by atomic mass is 35.5. The van der Waals surface area contributed by atoms with E-state index in [1.54, 1.807) is 48.4 Å². The largest absolute Gasteiger partial charge is 0.453 e. The van der Waals surface area contributed by atoms with Gasteiger partial charge in [0.05, 0.1) is 41.0 Å². The lowest BCUT2D eigenvalue weighted by Crippen LogP contribution is -2.37. The van der Waals surface area contributed by atoms with Crippen LogP contribution in [0.15, 0.2) is 66.9 Å². The molecule has 2 N–H and O–H groups in total. The number of ether oxygens (including phenoxy) is 1. The van der Waals surface area contributed by atoms with E-state index in [1.807, 2.05) is 12.1 Å². The van der Waals surface area contributed by atoms with Crippen molar-refractivity contribution in [3.8, 4) is 11.1 Å². The van der Waals surface area contributed by atoms with Gasteiger partial charge in [-0.05, 0) is 60.4 Å². The molecule has 3 aromatic rings. The molecule has 2 aromatic carbocycles. The number of anilines is 2. The highest BCUT2D eigenvalue weighted by molar-refractivity contribution is 6.31. The second kappa shape index (κ2) is 12.1. The minimum atomic E-state index is -0.900. The highest BCUT2D eigenvalue weighted by Crippen LogP contribution is 2.37. The van der Waals surface area contributed by atoms with Gasteiger partial charge >= 0.3 is 6.09 Å². The molecular formula is C31H27ClF2N4O4. The van der Waals surface area contributed by atoms with Crippen LogP contribution in [0.1, 0.15) is 37.1 Å². The zero-order chi connectivity index (χ0) is 30.0. The van der Waals surface area contributed by atoms with E-state index < -0.39 is 35.6 Å². The molecule has 2 aliphatic heterocycles. The Morgan fingerprint density at radius 3 is 2.74 bits per heavy atom. The Kier molecular flexibility index (Phi) is 8.35. The smallest absolute Gasteiger partial charge is 0.411 e. The second-order valence-electron chi connectivity index (χ2n) is 9.97. The Morgan fingerprint density at radius 2 is 1.98 bits per heavy atom. The quantitative estimate of drug-likeness (QED) is 0.259. The summed E-state index contributed by atoms with van der Waals surface area (Å²) in [7, 11) is 1.26. The number of aromatic nitrogens is 1. The highest BCUT2D eigenvalue weighted by Gasteiger charge is 2.30. The van der Waals surface area contributed by atoms with Crippen molar-refractivity contribution < 1.29 is 27.9 Å². The molecule has 2 atom stereocenters. The summed E-state index contributed by atoms with van der Waals surface area (Å²) in [6, 6.07) is 10.4. The third kappa shape index (κ3) is 5.89. The van der Waals surface area contributed by atoms with Gasteiger partial charge in [0.15, 0.2) is 5.82 Å². The number of benzene rings is 2. The minimum Gasteiger partial charge on any atom is -0.453 e. The van der Waals surface area contributed by atoms with Gasteiger partial charge in [0.1, 0.15) is 5.82 Å². The predicted molar refractivity (Wildman–Crippen MR) is 156 cm³/mol. The lowest BCUT2D eigenvalue weighted by Gasteiger charge is -2.34. The maximum absolute atomic E-state index is 14.7. The van der Waals surface area contributed by atoms with Crippen LogP contribution in [0, 0.1) is 17.6 Å². The lowest BCUT2D eigenvalue weighted by atomic mass is 9.94. The summed E-state index contributed by atoms with van der Waals surface area (Å²) < 4.78 is 33.9. The van der Waals surface area contributed by atoms with Gasteiger partial charge in [0, 0.05) is 30.1 Å². The first kappa shape index (κ1) is 28.9. The Morgan fingerprint density at radius 1 is 1.17 bits per heavy atom. The lowest BCUT2D eigenvalue weighted by molar-refractivity contribution is -0.129. The Labute approximate surface area is 246 Å². The number of amides is 3. The topological polar surface area (TPSA) is 101 Å². The van der Waals surface area contributed by atoms with Crippen molar-refractivity contribution in [1.29, 1.82) is 0 Å². The molecule has 0 spiro atoms. The third-order valence-corrected chi connectivity index (χ3v) is 7.58. The van der Waals surface area contributed by atoms with E-state index in [-0.39, 0.29) is 35.0 Å². The summed E-state index contributed by atoms with van der Waals surface area (Å²) in [6.07, 6.45) is 6.35. The van der Waals surface area contributed by atoms with Crippen LogP contribution in [-0.4, -0.2) is 41.4 Å². The fraction of sp³-hybridized carbons (Fsp3) is 0.226. The van der Waals surface area contributed by atoms with E-state index in [4.69, 9.17) is 11.6 Å². The Bertz CT molecular complexity index is 1640. The van der Waals surface area contributed by atoms with Crippen molar-refractivity contribution in [3.63, 3.8) is 0 Å². The SMILES string of the molecule is COC(=O)Nc1ccc2c(c1)NC(=O)[C@H](C)C=CC[C@H](N1CCC(c3c(F)ccc(Cl)c3F)=CC1=O)c1cc-2ccn1. The molecule has 0 fully saturated rings. The van der Waals surface area contributed by atoms with E-state index in [2.05, 4.69) is 20.4 Å². The number of rotatable bonds is 3. The number of halogens is 3. The number of pyridine rings is 1. The number of nitrogens with one attached hydrogen (secondary N) is 2. The normalized spacial score (nSPS) is 18.7. The van der Waals surface area contributed by atoms with Crippen LogP contribution in [0.2, 0.25) is 5.02 Å². The van der Waals surface area contributed by atoms with E-state index in [1.165, 1.54) is 13.2 Å². The zero-order valence-corrected chi connectivity index (χ0v) is 23.5. The first-order valence-electron chi connectivity index (χ1n) is 13.2. The number of methoxy groups -OCH3 is 1. The number of fused-ring (bicyclic) bond motifs is 4. The molecule has 216 valence electrons. The van der Waals surface area contributed by atoms with Crippen LogP contribution in [-0.2, 0) is 14.3 Å². The van der Waals surface area contributed by atoms with E-state index in [0.717, 1.165) is 17.7 Å². The standard InChI is InChI=1S/C31H27ClF2N4O4/c1-17-4-3-5-26(38-13-11-19(15-27(38)39)28-23(33)9-8-22(32)29(28)34)25-14-18(10-12-35-25)21-7-6-20(36-31(41)42-2)16-24(21)37-30(17)40/h3-4,6-10,12,14-17,26H,5,11,13H2,1-2H3,(H,36,41)(H,37,40)/t17-,26+/m1/s1. The van der Waals surface area contributed by atoms with Crippen LogP contribution in [0.5, 0.6) is 0 Å². The first-order chi connectivity index (χ1) is 20.2. The number of carbonyl (C=O) groups is 3. The predicted octanol–water partition coefficient (Wildman–Crippen LogP) is 6.75. The van der Waals surface area contributed by atoms with Gasteiger partial charge in [-0.1, -0.05) is 36.7 Å². The van der Waals surface area contributed by atoms with Crippen molar-refractivity contribution in [2.24, 2.45) is 5.92 Å². The number of hydrogen-bond donors (Lipinski definition) is 2. The van der Waals surface area contributed by atoms with Crippen LogP contribution < -0.4 is 10.6 Å². The van der Waals surface area contributed by atoms with Gasteiger partial charge in [0.2, 0.25) is 11.8 Å². The van der Waals surface area contributed by atoms with Crippen molar-refractivity contribution in [2.45, 2.75) is 25.8 Å². The fourth-order valence-corrected chi connectivity index (χ4v) is 5.24. The Hall–Kier alpha value is -4.57. The van der Waals surface area contributed by atoms with E-state index in [0.29, 0.717) is 29.1 Å². The molecule has 3 heterocycles. The van der Waals surface area contributed by atoms with Crippen LogP contribution in [0.4, 0.5) is 25.0 Å². The van der Waals surface area contributed by atoms with Gasteiger partial charge in [-0.15, -0.1) is 0 Å². The number of hydrogen-bond acceptors (Lipinski definition) is 5. The second-order valence-corrected chi connectivity index (χ2v) is 10.4. The number of nitrogens with zero attached hydrogens (tertiary/aromatic N) is 2. The fourth-order valence-electron chi connectivity index (χ4n) is 5.08. The summed E-state index contributed by atoms with van der Waals surface area (Å²) in [4.78, 5) is 44.4. The number of carbonyl (C=O) groups excluding carboxylic acids is 3. The van der Waals surface area contributed by atoms with Crippen molar-refractivity contribution in [2.75, 3.05) is 24.3 Å². The van der Waals surface area contributed by atoms with E-state index in [9.17, 15) is 23.2 Å². The first-order valence-corrected chi connectivity index (χ1v) is 13.6. The summed E-state index contributed by atoms with van der Waals surface area (Å²) in [5.74, 6) is -2.88. The third-order valence-electron chi connectivity index (χ3n) is 7.28. The molecule has 5 rings (SSSR count). The maximum Gasteiger partial charge on any atom is 0.411 e. The Balaban J connectivity index is 1.54. The molecule has 3 amide bonds. The molecular weight excluding hydrogens is 566 g/mol. The molecule has 0 saturated carbocycles. The average molecular weight is 593 g/mol. The van der Waals surface area contributed by atoms with Gasteiger partial charge in [0.25, 0.3) is 0 Å². The molecule has 0 radical (unpaired) electrons. The molecule has 2 bridgehead atoms. The summed E-state index contributed by atoms with van der Waals surface area (Å²) in [5, 5.41) is 5.31.